The fraction of sp³-hybridized carbons (Fsp3) is 0.267. The minimum atomic E-state index is -0.445. The Morgan fingerprint density at radius 3 is 2.55 bits per heavy atom. The molecular weight excluding hydrogens is 260 g/mol. The topological polar surface area (TPSA) is 37.0 Å². The zero-order valence-electron chi connectivity index (χ0n) is 11.3. The Kier molecular flexibility index (Phi) is 4.87. The molecule has 3 nitrogen and oxygen atoms in total. The highest BCUT2D eigenvalue weighted by molar-refractivity contribution is 5.54. The third-order valence-electron chi connectivity index (χ3n) is 2.81. The van der Waals surface area contributed by atoms with Crippen molar-refractivity contribution in [3.63, 3.8) is 0 Å². The van der Waals surface area contributed by atoms with Crippen molar-refractivity contribution in [1.29, 1.82) is 0 Å². The summed E-state index contributed by atoms with van der Waals surface area (Å²) in [6.45, 7) is 3.15. The van der Waals surface area contributed by atoms with Gasteiger partial charge in [0.05, 0.1) is 23.8 Å². The highest BCUT2D eigenvalue weighted by atomic mass is 19.1. The van der Waals surface area contributed by atoms with E-state index in [9.17, 15) is 8.78 Å². The van der Waals surface area contributed by atoms with E-state index in [0.717, 1.165) is 36.5 Å². The number of halogens is 2. The average molecular weight is 277 g/mol. The molecule has 0 radical (unpaired) electrons. The molecule has 0 saturated carbocycles. The number of anilines is 2. The van der Waals surface area contributed by atoms with Gasteiger partial charge in [-0.1, -0.05) is 6.92 Å². The second-order valence-electron chi connectivity index (χ2n) is 4.48. The van der Waals surface area contributed by atoms with E-state index in [4.69, 9.17) is 0 Å². The van der Waals surface area contributed by atoms with Gasteiger partial charge >= 0.3 is 0 Å². The molecule has 20 heavy (non-hydrogen) atoms. The lowest BCUT2D eigenvalue weighted by Gasteiger charge is -2.10. The largest absolute Gasteiger partial charge is 0.384 e. The number of nitrogens with zero attached hydrogens (tertiary/aromatic N) is 1. The van der Waals surface area contributed by atoms with Gasteiger partial charge in [-0.3, -0.25) is 4.98 Å². The minimum absolute atomic E-state index is 0.211. The molecule has 0 aliphatic heterocycles. The summed E-state index contributed by atoms with van der Waals surface area (Å²) < 4.78 is 26.5. The van der Waals surface area contributed by atoms with Gasteiger partial charge < -0.3 is 10.6 Å². The van der Waals surface area contributed by atoms with Crippen LogP contribution >= 0.6 is 0 Å². The van der Waals surface area contributed by atoms with Gasteiger partial charge in [0.15, 0.2) is 0 Å². The van der Waals surface area contributed by atoms with Crippen LogP contribution in [0.5, 0.6) is 0 Å². The number of benzene rings is 1. The van der Waals surface area contributed by atoms with E-state index in [1.807, 2.05) is 6.07 Å². The standard InChI is InChI=1S/C15H17F2N3/c1-2-5-19-13-7-14(10-18-9-13)20-8-11-6-12(16)3-4-15(11)17/h3-4,6-7,9-10,19-20H,2,5,8H2,1H3. The smallest absolute Gasteiger partial charge is 0.128 e. The number of hydrogen-bond acceptors (Lipinski definition) is 3. The normalized spacial score (nSPS) is 10.3. The van der Waals surface area contributed by atoms with Crippen LogP contribution in [0, 0.1) is 11.6 Å². The Labute approximate surface area is 117 Å². The Morgan fingerprint density at radius 2 is 1.80 bits per heavy atom. The first-order chi connectivity index (χ1) is 9.69. The van der Waals surface area contributed by atoms with Crippen LogP contribution in [-0.4, -0.2) is 11.5 Å². The predicted octanol–water partition coefficient (Wildman–Crippen LogP) is 3.79. The monoisotopic (exact) mass is 277 g/mol. The highest BCUT2D eigenvalue weighted by Gasteiger charge is 2.04. The predicted molar refractivity (Wildman–Crippen MR) is 76.7 cm³/mol. The number of nitrogens with one attached hydrogen (secondary N) is 2. The van der Waals surface area contributed by atoms with Gasteiger partial charge in [-0.15, -0.1) is 0 Å². The van der Waals surface area contributed by atoms with E-state index in [-0.39, 0.29) is 12.1 Å². The third kappa shape index (κ3) is 3.91. The Bertz CT molecular complexity index is 573. The molecule has 0 amide bonds. The van der Waals surface area contributed by atoms with Crippen molar-refractivity contribution in [3.05, 3.63) is 53.9 Å². The molecule has 5 heteroatoms. The van der Waals surface area contributed by atoms with E-state index in [1.165, 1.54) is 6.07 Å². The molecule has 0 atom stereocenters. The molecule has 1 heterocycles. The van der Waals surface area contributed by atoms with Crippen molar-refractivity contribution in [1.82, 2.24) is 4.98 Å². The zero-order valence-corrected chi connectivity index (χ0v) is 11.3. The van der Waals surface area contributed by atoms with Gasteiger partial charge in [-0.2, -0.15) is 0 Å². The molecule has 1 aromatic carbocycles. The fourth-order valence-corrected chi connectivity index (χ4v) is 1.78. The quantitative estimate of drug-likeness (QED) is 0.843. The Hall–Kier alpha value is -2.17. The molecule has 1 aromatic heterocycles. The van der Waals surface area contributed by atoms with Gasteiger partial charge in [-0.05, 0) is 30.7 Å². The van der Waals surface area contributed by atoms with Crippen LogP contribution in [0.15, 0.2) is 36.7 Å². The summed E-state index contributed by atoms with van der Waals surface area (Å²) in [5.74, 6) is -0.869. The maximum absolute atomic E-state index is 13.5. The number of pyridine rings is 1. The summed E-state index contributed by atoms with van der Waals surface area (Å²) in [4.78, 5) is 4.10. The van der Waals surface area contributed by atoms with Crippen LogP contribution in [-0.2, 0) is 6.54 Å². The second kappa shape index (κ2) is 6.84. The van der Waals surface area contributed by atoms with Crippen molar-refractivity contribution < 1.29 is 8.78 Å². The van der Waals surface area contributed by atoms with Crippen LogP contribution in [0.25, 0.3) is 0 Å². The lowest BCUT2D eigenvalue weighted by atomic mass is 10.2. The number of aromatic nitrogens is 1. The van der Waals surface area contributed by atoms with Crippen LogP contribution in [0.4, 0.5) is 20.2 Å². The van der Waals surface area contributed by atoms with Crippen LogP contribution < -0.4 is 10.6 Å². The molecule has 0 saturated heterocycles. The molecule has 2 aromatic rings. The highest BCUT2D eigenvalue weighted by Crippen LogP contribution is 2.16. The van der Waals surface area contributed by atoms with Crippen LogP contribution in [0.1, 0.15) is 18.9 Å². The summed E-state index contributed by atoms with van der Waals surface area (Å²) >= 11 is 0. The third-order valence-corrected chi connectivity index (χ3v) is 2.81. The van der Waals surface area contributed by atoms with E-state index < -0.39 is 11.6 Å². The molecule has 0 aliphatic carbocycles. The summed E-state index contributed by atoms with van der Waals surface area (Å²) in [5.41, 5.74) is 1.95. The maximum atomic E-state index is 13.5. The lowest BCUT2D eigenvalue weighted by molar-refractivity contribution is 0.587. The van der Waals surface area contributed by atoms with Gasteiger partial charge in [-0.25, -0.2) is 8.78 Å². The summed E-state index contributed by atoms with van der Waals surface area (Å²) in [6, 6.07) is 5.31. The van der Waals surface area contributed by atoms with Crippen LogP contribution in [0.3, 0.4) is 0 Å². The molecule has 2 rings (SSSR count). The molecule has 0 bridgehead atoms. The summed E-state index contributed by atoms with van der Waals surface area (Å²) in [5, 5.41) is 6.25. The van der Waals surface area contributed by atoms with Crippen LogP contribution in [0.2, 0.25) is 0 Å². The van der Waals surface area contributed by atoms with Gasteiger partial charge in [0.25, 0.3) is 0 Å². The minimum Gasteiger partial charge on any atom is -0.384 e. The molecule has 0 unspecified atom stereocenters. The molecule has 2 N–H and O–H groups in total. The maximum Gasteiger partial charge on any atom is 0.128 e. The first-order valence-corrected chi connectivity index (χ1v) is 6.55. The average Bonchev–Trinajstić information content (AvgIpc) is 2.46. The van der Waals surface area contributed by atoms with Crippen molar-refractivity contribution >= 4 is 11.4 Å². The molecule has 0 aliphatic rings. The number of rotatable bonds is 6. The lowest BCUT2D eigenvalue weighted by Crippen LogP contribution is -2.04. The first kappa shape index (κ1) is 14.2. The van der Waals surface area contributed by atoms with E-state index in [0.29, 0.717) is 0 Å². The van der Waals surface area contributed by atoms with Gasteiger partial charge in [0, 0.05) is 18.7 Å². The summed E-state index contributed by atoms with van der Waals surface area (Å²) in [6.07, 6.45) is 4.39. The Morgan fingerprint density at radius 1 is 1.05 bits per heavy atom. The van der Waals surface area contributed by atoms with Gasteiger partial charge in [0.1, 0.15) is 11.6 Å². The SMILES string of the molecule is CCCNc1cncc(NCc2cc(F)ccc2F)c1. The first-order valence-electron chi connectivity index (χ1n) is 6.55. The van der Waals surface area contributed by atoms with Crippen molar-refractivity contribution in [3.8, 4) is 0 Å². The van der Waals surface area contributed by atoms with Gasteiger partial charge in [0.2, 0.25) is 0 Å². The molecule has 106 valence electrons. The van der Waals surface area contributed by atoms with Crippen molar-refractivity contribution in [2.75, 3.05) is 17.2 Å². The molecular formula is C15H17F2N3. The zero-order chi connectivity index (χ0) is 14.4. The molecule has 0 spiro atoms. The van der Waals surface area contributed by atoms with Crippen molar-refractivity contribution in [2.45, 2.75) is 19.9 Å². The Balaban J connectivity index is 2.01. The van der Waals surface area contributed by atoms with E-state index in [1.54, 1.807) is 12.4 Å². The van der Waals surface area contributed by atoms with E-state index in [2.05, 4.69) is 22.5 Å². The van der Waals surface area contributed by atoms with Crippen molar-refractivity contribution in [2.24, 2.45) is 0 Å². The molecule has 0 fully saturated rings. The fourth-order valence-electron chi connectivity index (χ4n) is 1.78. The second-order valence-corrected chi connectivity index (χ2v) is 4.48. The number of hydrogen-bond donors (Lipinski definition) is 2. The van der Waals surface area contributed by atoms with E-state index >= 15 is 0 Å². The summed E-state index contributed by atoms with van der Waals surface area (Å²) in [7, 11) is 0.